The summed E-state index contributed by atoms with van der Waals surface area (Å²) in [6.07, 6.45) is 0.450. The van der Waals surface area contributed by atoms with E-state index in [-0.39, 0.29) is 5.78 Å². The van der Waals surface area contributed by atoms with E-state index in [9.17, 15) is 4.79 Å². The van der Waals surface area contributed by atoms with Crippen molar-refractivity contribution in [2.75, 3.05) is 6.61 Å². The predicted molar refractivity (Wildman–Crippen MR) is 86.3 cm³/mol. The summed E-state index contributed by atoms with van der Waals surface area (Å²) in [5, 5.41) is 0. The second-order valence-corrected chi connectivity index (χ2v) is 5.43. The lowest BCUT2D eigenvalue weighted by Crippen LogP contribution is -2.07. The highest BCUT2D eigenvalue weighted by molar-refractivity contribution is 5.97. The van der Waals surface area contributed by atoms with Gasteiger partial charge in [0, 0.05) is 12.0 Å². The Morgan fingerprint density at radius 2 is 1.57 bits per heavy atom. The molecule has 2 aromatic rings. The van der Waals surface area contributed by atoms with Gasteiger partial charge in [0.25, 0.3) is 0 Å². The van der Waals surface area contributed by atoms with E-state index >= 15 is 0 Å². The lowest BCUT2D eigenvalue weighted by atomic mass is 9.94. The van der Waals surface area contributed by atoms with Gasteiger partial charge in [0.1, 0.15) is 5.75 Å². The lowest BCUT2D eigenvalue weighted by molar-refractivity contribution is 0.0992. The van der Waals surface area contributed by atoms with Crippen LogP contribution in [0.2, 0.25) is 0 Å². The van der Waals surface area contributed by atoms with Crippen LogP contribution in [0.4, 0.5) is 0 Å². The maximum Gasteiger partial charge on any atom is 0.167 e. The Hall–Kier alpha value is -2.09. The minimum Gasteiger partial charge on any atom is -0.494 e. The highest BCUT2D eigenvalue weighted by Crippen LogP contribution is 2.20. The summed E-state index contributed by atoms with van der Waals surface area (Å²) in [6, 6.07) is 11.6. The van der Waals surface area contributed by atoms with Gasteiger partial charge in [-0.25, -0.2) is 0 Å². The Morgan fingerprint density at radius 3 is 2.10 bits per heavy atom. The third-order valence-electron chi connectivity index (χ3n) is 3.66. The zero-order chi connectivity index (χ0) is 15.4. The van der Waals surface area contributed by atoms with Crippen LogP contribution in [0.15, 0.2) is 36.4 Å². The van der Waals surface area contributed by atoms with Gasteiger partial charge in [0.15, 0.2) is 5.78 Å². The van der Waals surface area contributed by atoms with Crippen molar-refractivity contribution >= 4 is 5.78 Å². The van der Waals surface area contributed by atoms with Gasteiger partial charge in [0.2, 0.25) is 0 Å². The van der Waals surface area contributed by atoms with E-state index in [1.807, 2.05) is 31.2 Å². The van der Waals surface area contributed by atoms with Crippen LogP contribution in [-0.4, -0.2) is 12.4 Å². The van der Waals surface area contributed by atoms with Crippen LogP contribution in [0.3, 0.4) is 0 Å². The average Bonchev–Trinajstić information content (AvgIpc) is 2.43. The molecule has 0 amide bonds. The van der Waals surface area contributed by atoms with Gasteiger partial charge in [0.05, 0.1) is 6.61 Å². The largest absolute Gasteiger partial charge is 0.494 e. The second-order valence-electron chi connectivity index (χ2n) is 5.43. The summed E-state index contributed by atoms with van der Waals surface area (Å²) >= 11 is 0. The molecule has 0 radical (unpaired) electrons. The third-order valence-corrected chi connectivity index (χ3v) is 3.66. The number of rotatable bonds is 5. The van der Waals surface area contributed by atoms with Crippen LogP contribution in [0.5, 0.6) is 5.75 Å². The van der Waals surface area contributed by atoms with Crippen molar-refractivity contribution in [1.29, 1.82) is 0 Å². The Labute approximate surface area is 126 Å². The molecule has 0 bridgehead atoms. The molecular weight excluding hydrogens is 260 g/mol. The smallest absolute Gasteiger partial charge is 0.167 e. The monoisotopic (exact) mass is 282 g/mol. The minimum atomic E-state index is 0.146. The fraction of sp³-hybridized carbons (Fsp3) is 0.316. The predicted octanol–water partition coefficient (Wildman–Crippen LogP) is 4.44. The number of Topliss-reactive ketones (excluding diaryl/α,β-unsaturated/α-hetero) is 1. The molecule has 0 aliphatic heterocycles. The van der Waals surface area contributed by atoms with Crippen molar-refractivity contribution in [2.24, 2.45) is 0 Å². The van der Waals surface area contributed by atoms with Gasteiger partial charge >= 0.3 is 0 Å². The Bertz CT molecular complexity index is 616. The van der Waals surface area contributed by atoms with E-state index < -0.39 is 0 Å². The lowest BCUT2D eigenvalue weighted by Gasteiger charge is -2.11. The molecule has 0 aromatic heterocycles. The second kappa shape index (κ2) is 6.57. The van der Waals surface area contributed by atoms with Crippen LogP contribution in [0.25, 0.3) is 0 Å². The highest BCUT2D eigenvalue weighted by atomic mass is 16.5. The Kier molecular flexibility index (Phi) is 4.79. The van der Waals surface area contributed by atoms with E-state index in [4.69, 9.17) is 4.74 Å². The van der Waals surface area contributed by atoms with Crippen molar-refractivity contribution in [2.45, 2.75) is 34.1 Å². The van der Waals surface area contributed by atoms with Gasteiger partial charge in [-0.3, -0.25) is 4.79 Å². The molecule has 0 spiro atoms. The topological polar surface area (TPSA) is 26.3 Å². The number of hydrogen-bond acceptors (Lipinski definition) is 2. The first-order valence-electron chi connectivity index (χ1n) is 7.34. The Balaban J connectivity index is 2.18. The van der Waals surface area contributed by atoms with Crippen LogP contribution in [0.1, 0.15) is 39.5 Å². The van der Waals surface area contributed by atoms with E-state index in [0.29, 0.717) is 13.0 Å². The molecule has 0 aliphatic rings. The summed E-state index contributed by atoms with van der Waals surface area (Å²) in [4.78, 5) is 12.4. The van der Waals surface area contributed by atoms with Gasteiger partial charge in [-0.2, -0.15) is 0 Å². The van der Waals surface area contributed by atoms with E-state index in [1.165, 1.54) is 16.7 Å². The number of ketones is 1. The molecule has 0 fully saturated rings. The molecule has 0 saturated carbocycles. The van der Waals surface area contributed by atoms with E-state index in [0.717, 1.165) is 16.9 Å². The average molecular weight is 282 g/mol. The molecule has 0 aliphatic carbocycles. The molecule has 21 heavy (non-hydrogen) atoms. The Morgan fingerprint density at radius 1 is 1.00 bits per heavy atom. The number of carbonyl (C=O) groups is 1. The van der Waals surface area contributed by atoms with E-state index in [2.05, 4.69) is 32.9 Å². The van der Waals surface area contributed by atoms with Crippen molar-refractivity contribution in [3.05, 3.63) is 64.2 Å². The standard InChI is InChI=1S/C19H22O2/c1-5-21-17-8-6-16(7-9-17)19(20)12-18-14(3)10-13(2)11-15(18)4/h6-11H,5,12H2,1-4H3. The summed E-state index contributed by atoms with van der Waals surface area (Å²) in [5.41, 5.74) is 5.48. The van der Waals surface area contributed by atoms with Gasteiger partial charge in [-0.15, -0.1) is 0 Å². The molecule has 0 saturated heterocycles. The van der Waals surface area contributed by atoms with Gasteiger partial charge in [-0.1, -0.05) is 17.7 Å². The van der Waals surface area contributed by atoms with Gasteiger partial charge in [-0.05, 0) is 68.7 Å². The summed E-state index contributed by atoms with van der Waals surface area (Å²) in [5.74, 6) is 0.949. The van der Waals surface area contributed by atoms with Crippen molar-refractivity contribution in [3.8, 4) is 5.75 Å². The van der Waals surface area contributed by atoms with Crippen LogP contribution < -0.4 is 4.74 Å². The van der Waals surface area contributed by atoms with Crippen LogP contribution in [0, 0.1) is 20.8 Å². The number of aryl methyl sites for hydroxylation is 3. The van der Waals surface area contributed by atoms with E-state index in [1.54, 1.807) is 0 Å². The first kappa shape index (κ1) is 15.3. The summed E-state index contributed by atoms with van der Waals surface area (Å²) in [6.45, 7) is 8.80. The summed E-state index contributed by atoms with van der Waals surface area (Å²) < 4.78 is 5.40. The quantitative estimate of drug-likeness (QED) is 0.758. The number of hydrogen-bond donors (Lipinski definition) is 0. The van der Waals surface area contributed by atoms with Crippen molar-refractivity contribution in [3.63, 3.8) is 0 Å². The normalized spacial score (nSPS) is 10.5. The molecular formula is C19H22O2. The van der Waals surface area contributed by atoms with Crippen molar-refractivity contribution in [1.82, 2.24) is 0 Å². The number of carbonyl (C=O) groups excluding carboxylic acids is 1. The molecule has 2 aromatic carbocycles. The third kappa shape index (κ3) is 3.72. The van der Waals surface area contributed by atoms with Crippen molar-refractivity contribution < 1.29 is 9.53 Å². The van der Waals surface area contributed by atoms with Crippen LogP contribution in [-0.2, 0) is 6.42 Å². The number of ether oxygens (including phenoxy) is 1. The molecule has 0 N–H and O–H groups in total. The molecule has 2 heteroatoms. The molecule has 2 nitrogen and oxygen atoms in total. The first-order chi connectivity index (χ1) is 10.0. The summed E-state index contributed by atoms with van der Waals surface area (Å²) in [7, 11) is 0. The molecule has 2 rings (SSSR count). The fourth-order valence-corrected chi connectivity index (χ4v) is 2.66. The van der Waals surface area contributed by atoms with Crippen LogP contribution >= 0.6 is 0 Å². The molecule has 110 valence electrons. The SMILES string of the molecule is CCOc1ccc(C(=O)Cc2c(C)cc(C)cc2C)cc1. The highest BCUT2D eigenvalue weighted by Gasteiger charge is 2.11. The molecule has 0 atom stereocenters. The maximum atomic E-state index is 12.4. The maximum absolute atomic E-state index is 12.4. The fourth-order valence-electron chi connectivity index (χ4n) is 2.66. The van der Waals surface area contributed by atoms with Gasteiger partial charge < -0.3 is 4.74 Å². The first-order valence-corrected chi connectivity index (χ1v) is 7.34. The zero-order valence-corrected chi connectivity index (χ0v) is 13.2. The zero-order valence-electron chi connectivity index (χ0n) is 13.2. The number of benzene rings is 2. The molecule has 0 unspecified atom stereocenters. The molecule has 0 heterocycles. The minimum absolute atomic E-state index is 0.146.